The smallest absolute Gasteiger partial charge is 0.336 e. The Hall–Kier alpha value is -2.21. The van der Waals surface area contributed by atoms with Crippen LogP contribution in [0.4, 0.5) is 0 Å². The Morgan fingerprint density at radius 2 is 2.05 bits per heavy atom. The summed E-state index contributed by atoms with van der Waals surface area (Å²) in [6, 6.07) is 7.96. The largest absolute Gasteiger partial charge is 0.390 e. The quantitative estimate of drug-likeness (QED) is 0.613. The number of rotatable bonds is 5. The minimum atomic E-state index is -0.870. The van der Waals surface area contributed by atoms with E-state index in [-0.39, 0.29) is 12.3 Å². The van der Waals surface area contributed by atoms with Gasteiger partial charge in [0, 0.05) is 13.3 Å². The minimum absolute atomic E-state index is 0.282. The van der Waals surface area contributed by atoms with Crippen LogP contribution in [-0.2, 0) is 25.5 Å². The normalized spacial score (nSPS) is 18.5. The summed E-state index contributed by atoms with van der Waals surface area (Å²) >= 11 is 0. The van der Waals surface area contributed by atoms with Gasteiger partial charge in [0.2, 0.25) is 5.91 Å². The number of hydrogen-bond donors (Lipinski definition) is 2. The predicted molar refractivity (Wildman–Crippen MR) is 79.9 cm³/mol. The molecule has 1 amide bonds. The highest BCUT2D eigenvalue weighted by molar-refractivity contribution is 5.93. The van der Waals surface area contributed by atoms with Gasteiger partial charge < -0.3 is 15.4 Å². The molecule has 1 aromatic rings. The predicted octanol–water partition coefficient (Wildman–Crippen LogP) is 0.556. The van der Waals surface area contributed by atoms with E-state index in [1.165, 1.54) is 6.92 Å². The highest BCUT2D eigenvalue weighted by Gasteiger charge is 2.29. The van der Waals surface area contributed by atoms with E-state index < -0.39 is 24.0 Å². The van der Waals surface area contributed by atoms with Crippen molar-refractivity contribution in [2.75, 3.05) is 6.54 Å². The third kappa shape index (κ3) is 4.66. The van der Waals surface area contributed by atoms with Crippen molar-refractivity contribution in [1.29, 1.82) is 0 Å². The number of nitrogens with one attached hydrogen (secondary N) is 2. The first-order chi connectivity index (χ1) is 10.6. The second kappa shape index (κ2) is 7.70. The fraction of sp³-hybridized carbons (Fsp3) is 0.438. The molecule has 1 unspecified atom stereocenters. The Bertz CT molecular complexity index is 538. The molecule has 0 bridgehead atoms. The van der Waals surface area contributed by atoms with E-state index in [0.29, 0.717) is 6.42 Å². The van der Waals surface area contributed by atoms with Crippen LogP contribution in [0.5, 0.6) is 0 Å². The maximum atomic E-state index is 12.2. The minimum Gasteiger partial charge on any atom is -0.390 e. The molecule has 0 saturated carbocycles. The van der Waals surface area contributed by atoms with Crippen LogP contribution in [0.2, 0.25) is 0 Å². The molecule has 6 nitrogen and oxygen atoms in total. The first kappa shape index (κ1) is 16.2. The third-order valence-corrected chi connectivity index (χ3v) is 3.49. The van der Waals surface area contributed by atoms with Crippen LogP contribution in [0.1, 0.15) is 25.3 Å². The highest BCUT2D eigenvalue weighted by atomic mass is 16.6. The molecule has 0 aliphatic carbocycles. The highest BCUT2D eigenvalue weighted by Crippen LogP contribution is 2.09. The molecule has 1 saturated heterocycles. The summed E-state index contributed by atoms with van der Waals surface area (Å²) in [5.41, 5.74) is 0.879. The van der Waals surface area contributed by atoms with Crippen LogP contribution in [0.15, 0.2) is 30.3 Å². The van der Waals surface area contributed by atoms with Gasteiger partial charge in [0.25, 0.3) is 0 Å². The van der Waals surface area contributed by atoms with Gasteiger partial charge in [-0.15, -0.1) is 0 Å². The van der Waals surface area contributed by atoms with Crippen LogP contribution in [0, 0.1) is 0 Å². The van der Waals surface area contributed by atoms with Gasteiger partial charge in [-0.25, -0.2) is 9.59 Å². The summed E-state index contributed by atoms with van der Waals surface area (Å²) in [4.78, 5) is 35.3. The number of ether oxygens (including phenoxy) is 1. The van der Waals surface area contributed by atoms with Crippen molar-refractivity contribution in [2.45, 2.75) is 38.3 Å². The average Bonchev–Trinajstić information content (AvgIpc) is 3.01. The summed E-state index contributed by atoms with van der Waals surface area (Å²) in [6.45, 7) is 2.07. The van der Waals surface area contributed by atoms with Crippen LogP contribution in [0.25, 0.3) is 0 Å². The Labute approximate surface area is 129 Å². The summed E-state index contributed by atoms with van der Waals surface area (Å²) in [5.74, 6) is -1.65. The first-order valence-corrected chi connectivity index (χ1v) is 7.36. The molecule has 118 valence electrons. The molecule has 1 aliphatic rings. The Morgan fingerprint density at radius 3 is 2.64 bits per heavy atom. The second-order valence-corrected chi connectivity index (χ2v) is 5.33. The number of amides is 1. The molecule has 2 atom stereocenters. The van der Waals surface area contributed by atoms with E-state index in [9.17, 15) is 14.4 Å². The van der Waals surface area contributed by atoms with Crippen LogP contribution < -0.4 is 10.6 Å². The van der Waals surface area contributed by atoms with E-state index in [1.807, 2.05) is 30.3 Å². The molecule has 1 aliphatic heterocycles. The fourth-order valence-electron chi connectivity index (χ4n) is 2.42. The fourth-order valence-corrected chi connectivity index (χ4v) is 2.42. The Balaban J connectivity index is 1.99. The lowest BCUT2D eigenvalue weighted by Crippen LogP contribution is -2.45. The van der Waals surface area contributed by atoms with Gasteiger partial charge in [-0.2, -0.15) is 0 Å². The zero-order valence-corrected chi connectivity index (χ0v) is 12.5. The van der Waals surface area contributed by atoms with E-state index in [1.54, 1.807) is 0 Å². The maximum Gasteiger partial charge on any atom is 0.336 e. The Morgan fingerprint density at radius 1 is 1.32 bits per heavy atom. The number of esters is 2. The van der Waals surface area contributed by atoms with E-state index in [4.69, 9.17) is 4.74 Å². The first-order valence-electron chi connectivity index (χ1n) is 7.36. The molecule has 22 heavy (non-hydrogen) atoms. The molecule has 2 rings (SSSR count). The maximum absolute atomic E-state index is 12.2. The van der Waals surface area contributed by atoms with Crippen LogP contribution in [-0.4, -0.2) is 36.5 Å². The topological polar surface area (TPSA) is 84.5 Å². The molecule has 6 heteroatoms. The average molecular weight is 304 g/mol. The van der Waals surface area contributed by atoms with Gasteiger partial charge in [0.15, 0.2) is 0 Å². The number of benzene rings is 1. The van der Waals surface area contributed by atoms with Gasteiger partial charge in [-0.3, -0.25) is 4.79 Å². The van der Waals surface area contributed by atoms with Gasteiger partial charge >= 0.3 is 11.9 Å². The molecule has 1 fully saturated rings. The monoisotopic (exact) mass is 304 g/mol. The van der Waals surface area contributed by atoms with Crippen LogP contribution in [0.3, 0.4) is 0 Å². The molecule has 0 aromatic heterocycles. The second-order valence-electron chi connectivity index (χ2n) is 5.33. The van der Waals surface area contributed by atoms with Crippen molar-refractivity contribution in [3.8, 4) is 0 Å². The van der Waals surface area contributed by atoms with Gasteiger partial charge in [-0.1, -0.05) is 30.3 Å². The summed E-state index contributed by atoms with van der Waals surface area (Å²) in [6.07, 6.45) is 1.83. The summed E-state index contributed by atoms with van der Waals surface area (Å²) < 4.78 is 4.91. The van der Waals surface area contributed by atoms with Crippen LogP contribution >= 0.6 is 0 Å². The number of carbonyl (C=O) groups is 3. The van der Waals surface area contributed by atoms with E-state index in [0.717, 1.165) is 18.5 Å². The van der Waals surface area contributed by atoms with Crippen molar-refractivity contribution in [1.82, 2.24) is 10.6 Å². The molecule has 1 aromatic carbocycles. The molecule has 0 spiro atoms. The molecule has 2 N–H and O–H groups in total. The Kier molecular flexibility index (Phi) is 5.66. The van der Waals surface area contributed by atoms with Crippen molar-refractivity contribution < 1.29 is 19.1 Å². The third-order valence-electron chi connectivity index (χ3n) is 3.49. The van der Waals surface area contributed by atoms with E-state index in [2.05, 4.69) is 10.6 Å². The molecule has 0 radical (unpaired) electrons. The zero-order valence-electron chi connectivity index (χ0n) is 12.5. The lowest BCUT2D eigenvalue weighted by molar-refractivity contribution is -0.163. The van der Waals surface area contributed by atoms with Crippen molar-refractivity contribution >= 4 is 17.8 Å². The number of carbonyl (C=O) groups excluding carboxylic acids is 3. The van der Waals surface area contributed by atoms with Gasteiger partial charge in [0.05, 0.1) is 0 Å². The summed E-state index contributed by atoms with van der Waals surface area (Å²) in [7, 11) is 0. The lowest BCUT2D eigenvalue weighted by atomic mass is 10.1. The molecule has 1 heterocycles. The molecular weight excluding hydrogens is 284 g/mol. The zero-order chi connectivity index (χ0) is 15.9. The number of hydrogen-bond acceptors (Lipinski definition) is 5. The van der Waals surface area contributed by atoms with Gasteiger partial charge in [-0.05, 0) is 24.9 Å². The SMILES string of the molecule is CC(=O)NC(Cc1ccccc1)C(=O)OC(=O)[C@@H]1CCCN1. The van der Waals surface area contributed by atoms with Crippen molar-refractivity contribution in [3.63, 3.8) is 0 Å². The molecular formula is C16H20N2O4. The van der Waals surface area contributed by atoms with Gasteiger partial charge in [0.1, 0.15) is 12.1 Å². The summed E-state index contributed by atoms with van der Waals surface area (Å²) in [5, 5.41) is 5.51. The lowest BCUT2D eigenvalue weighted by Gasteiger charge is -2.17. The van der Waals surface area contributed by atoms with Crippen molar-refractivity contribution in [2.24, 2.45) is 0 Å². The standard InChI is InChI=1S/C16H20N2O4/c1-11(19)18-14(10-12-6-3-2-4-7-12)16(21)22-15(20)13-8-5-9-17-13/h2-4,6-7,13-14,17H,5,8-10H2,1H3,(H,18,19)/t13-,14?/m0/s1. The van der Waals surface area contributed by atoms with Crippen molar-refractivity contribution in [3.05, 3.63) is 35.9 Å². The van der Waals surface area contributed by atoms with E-state index >= 15 is 0 Å².